The van der Waals surface area contributed by atoms with E-state index in [4.69, 9.17) is 4.74 Å². The van der Waals surface area contributed by atoms with Crippen LogP contribution in [0.3, 0.4) is 0 Å². The van der Waals surface area contributed by atoms with Crippen molar-refractivity contribution in [3.8, 4) is 5.75 Å². The van der Waals surface area contributed by atoms with Gasteiger partial charge in [0.15, 0.2) is 0 Å². The number of ether oxygens (including phenoxy) is 1. The number of hydrogen-bond acceptors (Lipinski definition) is 5. The molecule has 0 saturated carbocycles. The Morgan fingerprint density at radius 2 is 1.79 bits per heavy atom. The number of nitro benzene ring substituents is 1. The van der Waals surface area contributed by atoms with Gasteiger partial charge in [-0.05, 0) is 42.0 Å². The zero-order chi connectivity index (χ0) is 20.1. The molecule has 0 unspecified atom stereocenters. The molecule has 1 N–H and O–H groups in total. The number of anilines is 1. The summed E-state index contributed by atoms with van der Waals surface area (Å²) in [6.45, 7) is 0.307. The van der Waals surface area contributed by atoms with Crippen LogP contribution in [0.5, 0.6) is 5.75 Å². The molecule has 0 radical (unpaired) electrons. The number of benzene rings is 2. The van der Waals surface area contributed by atoms with Gasteiger partial charge in [-0.25, -0.2) is 0 Å². The summed E-state index contributed by atoms with van der Waals surface area (Å²) in [6, 6.07) is 15.7. The Morgan fingerprint density at radius 1 is 1.11 bits per heavy atom. The van der Waals surface area contributed by atoms with Crippen molar-refractivity contribution in [2.75, 3.05) is 12.4 Å². The van der Waals surface area contributed by atoms with Crippen molar-refractivity contribution in [2.24, 2.45) is 0 Å². The third kappa shape index (κ3) is 4.24. The maximum Gasteiger partial charge on any atom is 0.269 e. The lowest BCUT2D eigenvalue weighted by atomic mass is 10.2. The van der Waals surface area contributed by atoms with Crippen LogP contribution in [0.1, 0.15) is 15.9 Å². The molecule has 3 aromatic rings. The molecule has 0 aliphatic heterocycles. The number of aromatic nitrogens is 1. The van der Waals surface area contributed by atoms with Crippen molar-refractivity contribution < 1.29 is 14.5 Å². The van der Waals surface area contributed by atoms with Crippen molar-refractivity contribution in [1.82, 2.24) is 4.57 Å². The zero-order valence-corrected chi connectivity index (χ0v) is 15.0. The minimum Gasteiger partial charge on any atom is -0.497 e. The molecule has 2 aromatic carbocycles. The lowest BCUT2D eigenvalue weighted by Gasteiger charge is -2.09. The molecule has 1 heterocycles. The molecule has 0 atom stereocenters. The number of nitrogens with zero attached hydrogens (tertiary/aromatic N) is 2. The standard InChI is InChI=1S/C20H17N3O5/c1-28-17-10-4-14(5-11-17)13-22-12-2-3-18(20(22)25)19(24)21-15-6-8-16(9-7-15)23(26)27/h2-12H,13H2,1H3,(H,21,24). The highest BCUT2D eigenvalue weighted by atomic mass is 16.6. The predicted molar refractivity (Wildman–Crippen MR) is 104 cm³/mol. The van der Waals surface area contributed by atoms with Crippen LogP contribution in [0, 0.1) is 10.1 Å². The monoisotopic (exact) mass is 379 g/mol. The summed E-state index contributed by atoms with van der Waals surface area (Å²) < 4.78 is 6.55. The fraction of sp³-hybridized carbons (Fsp3) is 0.100. The number of nitro groups is 1. The maximum atomic E-state index is 12.7. The minimum absolute atomic E-state index is 0.0191. The Morgan fingerprint density at radius 3 is 2.39 bits per heavy atom. The van der Waals surface area contributed by atoms with Gasteiger partial charge in [0.05, 0.1) is 18.6 Å². The van der Waals surface area contributed by atoms with Crippen LogP contribution >= 0.6 is 0 Å². The second-order valence-electron chi connectivity index (χ2n) is 5.96. The number of pyridine rings is 1. The van der Waals surface area contributed by atoms with E-state index < -0.39 is 16.4 Å². The number of carbonyl (C=O) groups excluding carboxylic acids is 1. The SMILES string of the molecule is COc1ccc(Cn2cccc(C(=O)Nc3ccc([N+](=O)[O-])cc3)c2=O)cc1. The molecular weight excluding hydrogens is 362 g/mol. The van der Waals surface area contributed by atoms with Crippen LogP contribution in [0.2, 0.25) is 0 Å². The van der Waals surface area contributed by atoms with Gasteiger partial charge < -0.3 is 14.6 Å². The van der Waals surface area contributed by atoms with Crippen LogP contribution in [0.4, 0.5) is 11.4 Å². The van der Waals surface area contributed by atoms with Crippen molar-refractivity contribution in [3.63, 3.8) is 0 Å². The van der Waals surface area contributed by atoms with Gasteiger partial charge in [-0.3, -0.25) is 19.7 Å². The Labute approximate surface area is 160 Å². The van der Waals surface area contributed by atoms with Crippen LogP contribution in [0.15, 0.2) is 71.7 Å². The molecule has 0 fully saturated rings. The highest BCUT2D eigenvalue weighted by molar-refractivity contribution is 6.04. The fourth-order valence-electron chi connectivity index (χ4n) is 2.63. The highest BCUT2D eigenvalue weighted by Gasteiger charge is 2.13. The van der Waals surface area contributed by atoms with E-state index in [-0.39, 0.29) is 11.3 Å². The average molecular weight is 379 g/mol. The number of methoxy groups -OCH3 is 1. The van der Waals surface area contributed by atoms with E-state index >= 15 is 0 Å². The summed E-state index contributed by atoms with van der Waals surface area (Å²) >= 11 is 0. The summed E-state index contributed by atoms with van der Waals surface area (Å²) in [5.74, 6) is 0.134. The summed E-state index contributed by atoms with van der Waals surface area (Å²) in [5.41, 5.74) is 0.711. The molecule has 0 aliphatic rings. The van der Waals surface area contributed by atoms with E-state index in [0.717, 1.165) is 5.56 Å². The summed E-state index contributed by atoms with van der Waals surface area (Å²) in [4.78, 5) is 35.3. The van der Waals surface area contributed by atoms with Gasteiger partial charge in [-0.15, -0.1) is 0 Å². The fourth-order valence-corrected chi connectivity index (χ4v) is 2.63. The topological polar surface area (TPSA) is 103 Å². The first kappa shape index (κ1) is 18.8. The number of non-ortho nitro benzene ring substituents is 1. The molecule has 28 heavy (non-hydrogen) atoms. The summed E-state index contributed by atoms with van der Waals surface area (Å²) in [7, 11) is 1.58. The number of amides is 1. The van der Waals surface area contributed by atoms with Gasteiger partial charge in [-0.1, -0.05) is 12.1 Å². The minimum atomic E-state index is -0.581. The van der Waals surface area contributed by atoms with Crippen LogP contribution in [0.25, 0.3) is 0 Å². The lowest BCUT2D eigenvalue weighted by Crippen LogP contribution is -2.29. The Bertz CT molecular complexity index is 1060. The molecule has 142 valence electrons. The third-order valence-corrected chi connectivity index (χ3v) is 4.11. The van der Waals surface area contributed by atoms with E-state index in [2.05, 4.69) is 5.32 Å². The summed E-state index contributed by atoms with van der Waals surface area (Å²) in [5, 5.41) is 13.3. The van der Waals surface area contributed by atoms with E-state index in [1.165, 1.54) is 34.9 Å². The highest BCUT2D eigenvalue weighted by Crippen LogP contribution is 2.16. The second-order valence-corrected chi connectivity index (χ2v) is 5.96. The third-order valence-electron chi connectivity index (χ3n) is 4.11. The molecule has 0 saturated heterocycles. The molecule has 3 rings (SSSR count). The predicted octanol–water partition coefficient (Wildman–Crippen LogP) is 3.07. The van der Waals surface area contributed by atoms with Gasteiger partial charge in [-0.2, -0.15) is 0 Å². The normalized spacial score (nSPS) is 10.3. The molecule has 1 aromatic heterocycles. The van der Waals surface area contributed by atoms with Gasteiger partial charge in [0.25, 0.3) is 17.2 Å². The van der Waals surface area contributed by atoms with Crippen LogP contribution in [-0.4, -0.2) is 22.5 Å². The molecular formula is C20H17N3O5. The van der Waals surface area contributed by atoms with Gasteiger partial charge >= 0.3 is 0 Å². The largest absolute Gasteiger partial charge is 0.497 e. The van der Waals surface area contributed by atoms with Crippen molar-refractivity contribution >= 4 is 17.3 Å². The van der Waals surface area contributed by atoms with Crippen molar-refractivity contribution in [2.45, 2.75) is 6.54 Å². The van der Waals surface area contributed by atoms with Crippen molar-refractivity contribution in [3.05, 3.63) is 98.5 Å². The number of hydrogen-bond donors (Lipinski definition) is 1. The Hall–Kier alpha value is -3.94. The first-order chi connectivity index (χ1) is 13.5. The zero-order valence-electron chi connectivity index (χ0n) is 15.0. The van der Waals surface area contributed by atoms with Gasteiger partial charge in [0.2, 0.25) is 0 Å². The number of rotatable bonds is 6. The second kappa shape index (κ2) is 8.17. The molecule has 0 aliphatic carbocycles. The van der Waals surface area contributed by atoms with E-state index in [1.807, 2.05) is 12.1 Å². The molecule has 1 amide bonds. The average Bonchev–Trinajstić information content (AvgIpc) is 2.70. The Kier molecular flexibility index (Phi) is 5.50. The van der Waals surface area contributed by atoms with E-state index in [9.17, 15) is 19.7 Å². The molecule has 0 spiro atoms. The van der Waals surface area contributed by atoms with Gasteiger partial charge in [0, 0.05) is 24.0 Å². The lowest BCUT2D eigenvalue weighted by molar-refractivity contribution is -0.384. The first-order valence-electron chi connectivity index (χ1n) is 8.36. The van der Waals surface area contributed by atoms with Crippen LogP contribution in [-0.2, 0) is 6.54 Å². The number of carbonyl (C=O) groups is 1. The smallest absolute Gasteiger partial charge is 0.269 e. The Balaban J connectivity index is 1.78. The molecule has 8 heteroatoms. The number of nitrogens with one attached hydrogen (secondary N) is 1. The van der Waals surface area contributed by atoms with Gasteiger partial charge in [0.1, 0.15) is 11.3 Å². The van der Waals surface area contributed by atoms with E-state index in [1.54, 1.807) is 31.5 Å². The quantitative estimate of drug-likeness (QED) is 0.524. The van der Waals surface area contributed by atoms with Crippen LogP contribution < -0.4 is 15.6 Å². The summed E-state index contributed by atoms with van der Waals surface area (Å²) in [6.07, 6.45) is 1.61. The van der Waals surface area contributed by atoms with E-state index in [0.29, 0.717) is 18.0 Å². The molecule has 8 nitrogen and oxygen atoms in total. The van der Waals surface area contributed by atoms with Crippen molar-refractivity contribution in [1.29, 1.82) is 0 Å². The molecule has 0 bridgehead atoms. The first-order valence-corrected chi connectivity index (χ1v) is 8.36. The maximum absolute atomic E-state index is 12.7.